The van der Waals surface area contributed by atoms with Crippen LogP contribution in [0.3, 0.4) is 0 Å². The Morgan fingerprint density at radius 3 is 2.58 bits per heavy atom. The van der Waals surface area contributed by atoms with Crippen molar-refractivity contribution in [1.82, 2.24) is 0 Å². The first-order valence-corrected chi connectivity index (χ1v) is 8.13. The number of ether oxygens (including phenoxy) is 1. The van der Waals surface area contributed by atoms with Gasteiger partial charge in [0.15, 0.2) is 6.10 Å². The van der Waals surface area contributed by atoms with Crippen molar-refractivity contribution in [3.63, 3.8) is 0 Å². The van der Waals surface area contributed by atoms with E-state index in [2.05, 4.69) is 5.32 Å². The molecule has 0 fully saturated rings. The quantitative estimate of drug-likeness (QED) is 0.708. The zero-order chi connectivity index (χ0) is 17.1. The summed E-state index contributed by atoms with van der Waals surface area (Å²) in [4.78, 5) is 12.4. The van der Waals surface area contributed by atoms with Gasteiger partial charge in [0.2, 0.25) is 0 Å². The molecule has 1 atom stereocenters. The van der Waals surface area contributed by atoms with E-state index in [1.807, 2.05) is 55.5 Å². The highest BCUT2D eigenvalue weighted by Gasteiger charge is 2.16. The molecular formula is C20H18ClNO2. The van der Waals surface area contributed by atoms with E-state index in [-0.39, 0.29) is 5.91 Å². The zero-order valence-electron chi connectivity index (χ0n) is 13.5. The van der Waals surface area contributed by atoms with Crippen LogP contribution in [0.1, 0.15) is 12.5 Å². The molecule has 3 aromatic carbocycles. The van der Waals surface area contributed by atoms with E-state index in [1.54, 1.807) is 19.1 Å². The number of hydrogen-bond acceptors (Lipinski definition) is 2. The van der Waals surface area contributed by atoms with E-state index < -0.39 is 6.10 Å². The molecule has 1 unspecified atom stereocenters. The van der Waals surface area contributed by atoms with Gasteiger partial charge in [0, 0.05) is 10.7 Å². The molecule has 0 saturated carbocycles. The summed E-state index contributed by atoms with van der Waals surface area (Å²) in [6, 6.07) is 19.2. The van der Waals surface area contributed by atoms with Crippen molar-refractivity contribution in [1.29, 1.82) is 0 Å². The Kier molecular flexibility index (Phi) is 4.72. The number of hydrogen-bond donors (Lipinski definition) is 1. The number of carbonyl (C=O) groups excluding carboxylic acids is 1. The second-order valence-electron chi connectivity index (χ2n) is 5.72. The van der Waals surface area contributed by atoms with Crippen LogP contribution in [-0.2, 0) is 4.79 Å². The molecule has 0 aromatic heterocycles. The molecule has 3 aromatic rings. The Labute approximate surface area is 146 Å². The van der Waals surface area contributed by atoms with E-state index in [0.717, 1.165) is 16.3 Å². The minimum Gasteiger partial charge on any atom is -0.481 e. The van der Waals surface area contributed by atoms with Crippen LogP contribution in [0, 0.1) is 6.92 Å². The van der Waals surface area contributed by atoms with Crippen LogP contribution in [0.15, 0.2) is 60.7 Å². The maximum Gasteiger partial charge on any atom is 0.265 e. The molecule has 0 aliphatic heterocycles. The summed E-state index contributed by atoms with van der Waals surface area (Å²) in [5.41, 5.74) is 1.65. The van der Waals surface area contributed by atoms with Gasteiger partial charge in [-0.25, -0.2) is 0 Å². The maximum atomic E-state index is 12.4. The molecule has 24 heavy (non-hydrogen) atoms. The predicted octanol–water partition coefficient (Wildman–Crippen LogP) is 5.21. The number of aryl methyl sites for hydroxylation is 1. The molecule has 0 heterocycles. The standard InChI is InChI=1S/C20H18ClNO2/c1-13-7-9-17(21)12-19(13)22-20(23)14(2)24-18-10-8-15-5-3-4-6-16(15)11-18/h3-12,14H,1-2H3,(H,22,23). The van der Waals surface area contributed by atoms with Gasteiger partial charge in [-0.1, -0.05) is 48.0 Å². The lowest BCUT2D eigenvalue weighted by Gasteiger charge is -2.16. The SMILES string of the molecule is Cc1ccc(Cl)cc1NC(=O)C(C)Oc1ccc2ccccc2c1. The van der Waals surface area contributed by atoms with Gasteiger partial charge in [-0.05, 0) is 54.4 Å². The summed E-state index contributed by atoms with van der Waals surface area (Å²) in [7, 11) is 0. The topological polar surface area (TPSA) is 38.3 Å². The van der Waals surface area contributed by atoms with Crippen LogP contribution in [0.4, 0.5) is 5.69 Å². The maximum absolute atomic E-state index is 12.4. The lowest BCUT2D eigenvalue weighted by molar-refractivity contribution is -0.122. The van der Waals surface area contributed by atoms with Crippen LogP contribution in [0.25, 0.3) is 10.8 Å². The Hall–Kier alpha value is -2.52. The molecule has 0 saturated heterocycles. The predicted molar refractivity (Wildman–Crippen MR) is 98.9 cm³/mol. The average Bonchev–Trinajstić information content (AvgIpc) is 2.58. The number of rotatable bonds is 4. The highest BCUT2D eigenvalue weighted by Crippen LogP contribution is 2.23. The fraction of sp³-hybridized carbons (Fsp3) is 0.150. The van der Waals surface area contributed by atoms with Crippen LogP contribution >= 0.6 is 11.6 Å². The molecule has 0 aliphatic carbocycles. The van der Waals surface area contributed by atoms with Crippen molar-refractivity contribution in [2.75, 3.05) is 5.32 Å². The molecule has 1 N–H and O–H groups in total. The van der Waals surface area contributed by atoms with Gasteiger partial charge < -0.3 is 10.1 Å². The summed E-state index contributed by atoms with van der Waals surface area (Å²) < 4.78 is 5.78. The number of fused-ring (bicyclic) bond motifs is 1. The third kappa shape index (κ3) is 3.69. The highest BCUT2D eigenvalue weighted by atomic mass is 35.5. The second kappa shape index (κ2) is 6.93. The van der Waals surface area contributed by atoms with Crippen molar-refractivity contribution < 1.29 is 9.53 Å². The van der Waals surface area contributed by atoms with E-state index in [4.69, 9.17) is 16.3 Å². The normalized spacial score (nSPS) is 12.0. The van der Waals surface area contributed by atoms with Crippen molar-refractivity contribution in [2.24, 2.45) is 0 Å². The monoisotopic (exact) mass is 339 g/mol. The minimum absolute atomic E-state index is 0.214. The average molecular weight is 340 g/mol. The van der Waals surface area contributed by atoms with Crippen molar-refractivity contribution in [2.45, 2.75) is 20.0 Å². The fourth-order valence-corrected chi connectivity index (χ4v) is 2.63. The first kappa shape index (κ1) is 16.3. The summed E-state index contributed by atoms with van der Waals surface area (Å²) in [5.74, 6) is 0.452. The Morgan fingerprint density at radius 2 is 1.79 bits per heavy atom. The van der Waals surface area contributed by atoms with Gasteiger partial charge in [-0.2, -0.15) is 0 Å². The molecule has 0 aliphatic rings. The van der Waals surface area contributed by atoms with Crippen LogP contribution in [-0.4, -0.2) is 12.0 Å². The molecule has 1 amide bonds. The van der Waals surface area contributed by atoms with Gasteiger partial charge in [0.25, 0.3) is 5.91 Å². The molecule has 122 valence electrons. The molecule has 4 heteroatoms. The number of carbonyl (C=O) groups is 1. The lowest BCUT2D eigenvalue weighted by Crippen LogP contribution is -2.30. The number of benzene rings is 3. The number of nitrogens with one attached hydrogen (secondary N) is 1. The van der Waals surface area contributed by atoms with E-state index in [0.29, 0.717) is 16.5 Å². The lowest BCUT2D eigenvalue weighted by atomic mass is 10.1. The summed E-state index contributed by atoms with van der Waals surface area (Å²) in [5, 5.41) is 5.66. The number of anilines is 1. The molecule has 3 nitrogen and oxygen atoms in total. The van der Waals surface area contributed by atoms with Gasteiger partial charge in [-0.15, -0.1) is 0 Å². The molecule has 0 bridgehead atoms. The van der Waals surface area contributed by atoms with Crippen LogP contribution in [0.5, 0.6) is 5.75 Å². The summed E-state index contributed by atoms with van der Waals surface area (Å²) in [6.45, 7) is 3.64. The van der Waals surface area contributed by atoms with Crippen LogP contribution < -0.4 is 10.1 Å². The van der Waals surface area contributed by atoms with E-state index in [9.17, 15) is 4.79 Å². The van der Waals surface area contributed by atoms with Crippen molar-refractivity contribution in [3.8, 4) is 5.75 Å². The van der Waals surface area contributed by atoms with Crippen LogP contribution in [0.2, 0.25) is 5.02 Å². The van der Waals surface area contributed by atoms with E-state index in [1.165, 1.54) is 0 Å². The molecule has 0 radical (unpaired) electrons. The Bertz CT molecular complexity index is 892. The van der Waals surface area contributed by atoms with Crippen molar-refractivity contribution >= 4 is 34.0 Å². The summed E-state index contributed by atoms with van der Waals surface area (Å²) in [6.07, 6.45) is -0.621. The second-order valence-corrected chi connectivity index (χ2v) is 6.15. The third-order valence-electron chi connectivity index (χ3n) is 3.86. The number of halogens is 1. The van der Waals surface area contributed by atoms with Gasteiger partial charge >= 0.3 is 0 Å². The van der Waals surface area contributed by atoms with E-state index >= 15 is 0 Å². The zero-order valence-corrected chi connectivity index (χ0v) is 14.3. The Balaban J connectivity index is 1.72. The van der Waals surface area contributed by atoms with Gasteiger partial charge in [0.1, 0.15) is 5.75 Å². The third-order valence-corrected chi connectivity index (χ3v) is 4.10. The molecule has 3 rings (SSSR count). The first-order valence-electron chi connectivity index (χ1n) is 7.75. The first-order chi connectivity index (χ1) is 11.5. The number of amides is 1. The molecular weight excluding hydrogens is 322 g/mol. The van der Waals surface area contributed by atoms with Gasteiger partial charge in [0.05, 0.1) is 0 Å². The Morgan fingerprint density at radius 1 is 1.04 bits per heavy atom. The summed E-state index contributed by atoms with van der Waals surface area (Å²) >= 11 is 5.98. The fourth-order valence-electron chi connectivity index (χ4n) is 2.46. The minimum atomic E-state index is -0.621. The highest BCUT2D eigenvalue weighted by molar-refractivity contribution is 6.31. The molecule has 0 spiro atoms. The smallest absolute Gasteiger partial charge is 0.265 e. The largest absolute Gasteiger partial charge is 0.481 e. The van der Waals surface area contributed by atoms with Gasteiger partial charge in [-0.3, -0.25) is 4.79 Å². The van der Waals surface area contributed by atoms with Crippen molar-refractivity contribution in [3.05, 3.63) is 71.2 Å².